The van der Waals surface area contributed by atoms with Crippen LogP contribution in [0.1, 0.15) is 13.3 Å². The van der Waals surface area contributed by atoms with Crippen LogP contribution in [0, 0.1) is 0 Å². The van der Waals surface area contributed by atoms with Crippen LogP contribution in [0.5, 0.6) is 0 Å². The van der Waals surface area contributed by atoms with Crippen molar-refractivity contribution in [1.29, 1.82) is 0 Å². The second-order valence-electron chi connectivity index (χ2n) is 3.55. The molecule has 0 aromatic heterocycles. The monoisotopic (exact) mass is 231 g/mol. The molecule has 84 valence electrons. The molecule has 1 aliphatic heterocycles. The molecule has 1 aliphatic rings. The Kier molecular flexibility index (Phi) is 4.93. The molecular weight excluding hydrogens is 214 g/mol. The van der Waals surface area contributed by atoms with Gasteiger partial charge in [0.05, 0.1) is 0 Å². The molecule has 1 nitrogen and oxygen atoms in total. The first-order valence-electron chi connectivity index (χ1n) is 5.13. The van der Waals surface area contributed by atoms with Crippen LogP contribution in [0.2, 0.25) is 0 Å². The average Bonchev–Trinajstić information content (AvgIpc) is 2.32. The highest BCUT2D eigenvalue weighted by molar-refractivity contribution is 8.07. The van der Waals surface area contributed by atoms with Gasteiger partial charge in [-0.3, -0.25) is 0 Å². The highest BCUT2D eigenvalue weighted by Gasteiger charge is 2.03. The van der Waals surface area contributed by atoms with Crippen LogP contribution in [-0.4, -0.2) is 0 Å². The standard InChI is InChI=1S/C14H17NS/c1-4-5-6-14-11(2)7-9-13(15)10-8-12(3)16-14/h4-6,8-10H,1,3,7,15H2,2H3/b6-5-,10-8-,13-9+,14-11-. The van der Waals surface area contributed by atoms with Crippen molar-refractivity contribution >= 4 is 11.8 Å². The maximum Gasteiger partial charge on any atom is 0.0277 e. The molecule has 0 aliphatic carbocycles. The van der Waals surface area contributed by atoms with Crippen molar-refractivity contribution < 1.29 is 0 Å². The van der Waals surface area contributed by atoms with Crippen molar-refractivity contribution in [1.82, 2.24) is 0 Å². The topological polar surface area (TPSA) is 26.0 Å². The molecule has 0 saturated heterocycles. The zero-order chi connectivity index (χ0) is 12.0. The van der Waals surface area contributed by atoms with Gasteiger partial charge in [0.25, 0.3) is 0 Å². The third-order valence-electron chi connectivity index (χ3n) is 2.15. The van der Waals surface area contributed by atoms with Crippen molar-refractivity contribution in [2.45, 2.75) is 13.3 Å². The lowest BCUT2D eigenvalue weighted by atomic mass is 10.1. The lowest BCUT2D eigenvalue weighted by Crippen LogP contribution is -1.92. The lowest BCUT2D eigenvalue weighted by molar-refractivity contribution is 1.18. The van der Waals surface area contributed by atoms with Crippen molar-refractivity contribution in [3.63, 3.8) is 0 Å². The number of allylic oxidation sites excluding steroid dienone is 7. The minimum absolute atomic E-state index is 0.787. The molecule has 0 unspecified atom stereocenters. The molecule has 16 heavy (non-hydrogen) atoms. The third-order valence-corrected chi connectivity index (χ3v) is 3.25. The summed E-state index contributed by atoms with van der Waals surface area (Å²) in [6, 6.07) is 0. The summed E-state index contributed by atoms with van der Waals surface area (Å²) in [4.78, 5) is 2.20. The van der Waals surface area contributed by atoms with Crippen LogP contribution in [-0.2, 0) is 0 Å². The summed E-state index contributed by atoms with van der Waals surface area (Å²) in [6.07, 6.45) is 12.5. The summed E-state index contributed by atoms with van der Waals surface area (Å²) >= 11 is 1.66. The Labute approximate surface area is 102 Å². The molecule has 0 aromatic carbocycles. The molecule has 0 spiro atoms. The van der Waals surface area contributed by atoms with E-state index in [4.69, 9.17) is 5.73 Å². The summed E-state index contributed by atoms with van der Waals surface area (Å²) in [5, 5.41) is 0. The number of nitrogens with two attached hydrogens (primary N) is 1. The molecule has 0 radical (unpaired) electrons. The van der Waals surface area contributed by atoms with Gasteiger partial charge in [-0.1, -0.05) is 48.7 Å². The fourth-order valence-electron chi connectivity index (χ4n) is 1.22. The Hall–Kier alpha value is -1.41. The SMILES string of the molecule is C=C/C=C\C1=C(/C)C/C=C(N)\C=C/C(=C)S1. The van der Waals surface area contributed by atoms with E-state index in [-0.39, 0.29) is 0 Å². The molecule has 0 aromatic rings. The van der Waals surface area contributed by atoms with Crippen LogP contribution in [0.25, 0.3) is 0 Å². The predicted molar refractivity (Wildman–Crippen MR) is 74.8 cm³/mol. The zero-order valence-electron chi connectivity index (χ0n) is 9.57. The van der Waals surface area contributed by atoms with E-state index in [9.17, 15) is 0 Å². The molecular formula is C14H17NS. The van der Waals surface area contributed by atoms with Crippen molar-refractivity contribution in [3.05, 3.63) is 70.7 Å². The van der Waals surface area contributed by atoms with E-state index in [1.807, 2.05) is 24.3 Å². The van der Waals surface area contributed by atoms with E-state index >= 15 is 0 Å². The summed E-state index contributed by atoms with van der Waals surface area (Å²) in [5.41, 5.74) is 7.89. The van der Waals surface area contributed by atoms with Crippen LogP contribution in [0.4, 0.5) is 0 Å². The lowest BCUT2D eigenvalue weighted by Gasteiger charge is -2.05. The van der Waals surface area contributed by atoms with Crippen molar-refractivity contribution in [3.8, 4) is 0 Å². The molecule has 2 N–H and O–H groups in total. The highest BCUT2D eigenvalue weighted by atomic mass is 32.2. The summed E-state index contributed by atoms with van der Waals surface area (Å²) < 4.78 is 0. The van der Waals surface area contributed by atoms with Gasteiger partial charge in [-0.25, -0.2) is 0 Å². The minimum Gasteiger partial charge on any atom is -0.399 e. The van der Waals surface area contributed by atoms with Crippen molar-refractivity contribution in [2.75, 3.05) is 0 Å². The molecule has 0 amide bonds. The van der Waals surface area contributed by atoms with E-state index in [1.165, 1.54) is 10.5 Å². The van der Waals surface area contributed by atoms with Gasteiger partial charge in [0.15, 0.2) is 0 Å². The van der Waals surface area contributed by atoms with E-state index in [1.54, 1.807) is 17.8 Å². The molecule has 1 heterocycles. The third kappa shape index (κ3) is 3.99. The van der Waals surface area contributed by atoms with Gasteiger partial charge < -0.3 is 5.73 Å². The molecule has 2 heteroatoms. The van der Waals surface area contributed by atoms with Crippen LogP contribution in [0.3, 0.4) is 0 Å². The van der Waals surface area contributed by atoms with Gasteiger partial charge in [0.2, 0.25) is 0 Å². The number of hydrogen-bond donors (Lipinski definition) is 1. The van der Waals surface area contributed by atoms with Crippen LogP contribution >= 0.6 is 11.8 Å². The Morgan fingerprint density at radius 3 is 2.88 bits per heavy atom. The zero-order valence-corrected chi connectivity index (χ0v) is 10.4. The molecule has 0 saturated carbocycles. The van der Waals surface area contributed by atoms with E-state index < -0.39 is 0 Å². The second-order valence-corrected chi connectivity index (χ2v) is 4.72. The first-order valence-corrected chi connectivity index (χ1v) is 5.94. The van der Waals surface area contributed by atoms with E-state index in [2.05, 4.69) is 26.2 Å². The van der Waals surface area contributed by atoms with Gasteiger partial charge in [0, 0.05) is 15.5 Å². The highest BCUT2D eigenvalue weighted by Crippen LogP contribution is 2.31. The summed E-state index contributed by atoms with van der Waals surface area (Å²) in [6.45, 7) is 9.77. The van der Waals surface area contributed by atoms with Crippen LogP contribution in [0.15, 0.2) is 70.7 Å². The van der Waals surface area contributed by atoms with Crippen molar-refractivity contribution in [2.24, 2.45) is 5.73 Å². The Bertz CT molecular complexity index is 408. The predicted octanol–water partition coefficient (Wildman–Crippen LogP) is 4.05. The average molecular weight is 231 g/mol. The van der Waals surface area contributed by atoms with Gasteiger partial charge in [-0.05, 0) is 31.6 Å². The Morgan fingerprint density at radius 1 is 1.44 bits per heavy atom. The first kappa shape index (κ1) is 12.7. The fourth-order valence-corrected chi connectivity index (χ4v) is 2.05. The maximum absolute atomic E-state index is 5.81. The van der Waals surface area contributed by atoms with Gasteiger partial charge in [-0.2, -0.15) is 0 Å². The normalized spacial score (nSPS) is 27.8. The molecule has 0 fully saturated rings. The first-order chi connectivity index (χ1) is 7.63. The van der Waals surface area contributed by atoms with Crippen LogP contribution < -0.4 is 5.73 Å². The number of thioether (sulfide) groups is 1. The number of hydrogen-bond acceptors (Lipinski definition) is 2. The molecule has 0 atom stereocenters. The Morgan fingerprint density at radius 2 is 2.19 bits per heavy atom. The number of rotatable bonds is 2. The van der Waals surface area contributed by atoms with Gasteiger partial charge in [-0.15, -0.1) is 0 Å². The quantitative estimate of drug-likeness (QED) is 0.725. The molecule has 1 rings (SSSR count). The maximum atomic E-state index is 5.81. The van der Waals surface area contributed by atoms with Gasteiger partial charge in [0.1, 0.15) is 0 Å². The minimum atomic E-state index is 0.787. The summed E-state index contributed by atoms with van der Waals surface area (Å²) in [7, 11) is 0. The second kappa shape index (κ2) is 6.23. The van der Waals surface area contributed by atoms with E-state index in [0.717, 1.165) is 17.0 Å². The Balaban J connectivity index is 3.03. The van der Waals surface area contributed by atoms with Gasteiger partial charge >= 0.3 is 0 Å². The summed E-state index contributed by atoms with van der Waals surface area (Å²) in [5.74, 6) is 0. The smallest absolute Gasteiger partial charge is 0.0277 e. The van der Waals surface area contributed by atoms with E-state index in [0.29, 0.717) is 0 Å². The fraction of sp³-hybridized carbons (Fsp3) is 0.143. The largest absolute Gasteiger partial charge is 0.399 e. The molecule has 0 bridgehead atoms.